The summed E-state index contributed by atoms with van der Waals surface area (Å²) < 4.78 is 41.9. The van der Waals surface area contributed by atoms with Crippen molar-refractivity contribution in [1.29, 1.82) is 0 Å². The van der Waals surface area contributed by atoms with E-state index < -0.39 is 21.2 Å². The highest BCUT2D eigenvalue weighted by molar-refractivity contribution is 7.92. The van der Waals surface area contributed by atoms with E-state index in [9.17, 15) is 32.6 Å². The van der Waals surface area contributed by atoms with E-state index in [0.29, 0.717) is 36.8 Å². The summed E-state index contributed by atoms with van der Waals surface area (Å²) in [5.74, 6) is 0.486. The van der Waals surface area contributed by atoms with E-state index in [1.54, 1.807) is 23.1 Å². The molecule has 8 rings (SSSR count). The normalized spacial score (nSPS) is 25.8. The van der Waals surface area contributed by atoms with Gasteiger partial charge in [0.1, 0.15) is 11.1 Å². The van der Waals surface area contributed by atoms with Gasteiger partial charge < -0.3 is 35.1 Å². The van der Waals surface area contributed by atoms with Crippen molar-refractivity contribution < 1.29 is 32.6 Å². The van der Waals surface area contributed by atoms with E-state index in [1.807, 2.05) is 18.2 Å². The number of nitrogens with zero attached hydrogens (tertiary/aromatic N) is 5. The van der Waals surface area contributed by atoms with E-state index in [2.05, 4.69) is 37.6 Å². The van der Waals surface area contributed by atoms with E-state index in [4.69, 9.17) is 0 Å². The molecule has 14 heteroatoms. The number of carbonyl (C=O) groups is 2. The number of hydrogen-bond acceptors (Lipinski definition) is 9. The third-order valence-electron chi connectivity index (χ3n) is 14.5. The van der Waals surface area contributed by atoms with E-state index >= 15 is 0 Å². The molecular weight excluding hydrogens is 760 g/mol. The molecule has 0 spiro atoms. The Hall–Kier alpha value is -3.56. The Kier molecular flexibility index (Phi) is 12.2. The van der Waals surface area contributed by atoms with Crippen LogP contribution in [0.2, 0.25) is 0 Å². The Bertz CT molecular complexity index is 1900. The van der Waals surface area contributed by atoms with Gasteiger partial charge in [0.25, 0.3) is 5.91 Å². The van der Waals surface area contributed by atoms with Crippen LogP contribution in [0.5, 0.6) is 0 Å². The highest BCUT2D eigenvalue weighted by atomic mass is 32.2. The Morgan fingerprint density at radius 2 is 1.53 bits per heavy atom. The summed E-state index contributed by atoms with van der Waals surface area (Å²) in [7, 11) is -3.58. The molecule has 3 atom stereocenters. The zero-order chi connectivity index (χ0) is 40.6. The summed E-state index contributed by atoms with van der Waals surface area (Å²) in [6, 6.07) is 14.2. The van der Waals surface area contributed by atoms with E-state index in [-0.39, 0.29) is 53.2 Å². The van der Waals surface area contributed by atoms with Crippen LogP contribution < -0.4 is 10.2 Å². The van der Waals surface area contributed by atoms with Crippen molar-refractivity contribution in [3.05, 3.63) is 72.1 Å². The van der Waals surface area contributed by atoms with Gasteiger partial charge in [0, 0.05) is 87.5 Å². The molecule has 6 fully saturated rings. The summed E-state index contributed by atoms with van der Waals surface area (Å²) in [4.78, 5) is 36.2. The van der Waals surface area contributed by atoms with Crippen molar-refractivity contribution in [2.75, 3.05) is 90.0 Å². The van der Waals surface area contributed by atoms with Crippen molar-refractivity contribution in [2.45, 2.75) is 79.1 Å². The smallest absolute Gasteiger partial charge is 0.404 e. The fourth-order valence-corrected chi connectivity index (χ4v) is 12.7. The SMILES string of the molecule is C=C(CN1CCC(O)CC1)C(=O)N1CC(S(=O)(=O)c2ccc(N3CC(CN4CCC([C@@](CN5CCC5)(c5cccc(F)c5)[C@H]5CCC[C@@H]5NC(=O)O)CC4)C3)cc2)C1. The number of nitrogens with one attached hydrogen (secondary N) is 1. The molecule has 2 aromatic rings. The van der Waals surface area contributed by atoms with Crippen LogP contribution in [0.15, 0.2) is 65.6 Å². The third kappa shape index (κ3) is 8.54. The first-order chi connectivity index (χ1) is 27.9. The van der Waals surface area contributed by atoms with Crippen LogP contribution in [0.3, 0.4) is 0 Å². The van der Waals surface area contributed by atoms with Crippen molar-refractivity contribution >= 4 is 27.5 Å². The molecule has 5 heterocycles. The summed E-state index contributed by atoms with van der Waals surface area (Å²) in [5, 5.41) is 21.8. The van der Waals surface area contributed by atoms with Gasteiger partial charge in [-0.3, -0.25) is 9.69 Å². The number of carboxylic acid groups (broad SMARTS) is 1. The molecule has 5 saturated heterocycles. The molecular formula is C44H61FN6O6S. The molecule has 12 nitrogen and oxygen atoms in total. The molecule has 316 valence electrons. The summed E-state index contributed by atoms with van der Waals surface area (Å²) in [5.41, 5.74) is 2.15. The minimum absolute atomic E-state index is 0.106. The van der Waals surface area contributed by atoms with Gasteiger partial charge >= 0.3 is 6.09 Å². The maximum Gasteiger partial charge on any atom is 0.404 e. The number of likely N-dealkylation sites (tertiary alicyclic amines) is 4. The highest BCUT2D eigenvalue weighted by Crippen LogP contribution is 2.51. The summed E-state index contributed by atoms with van der Waals surface area (Å²) >= 11 is 0. The number of piperidine rings is 2. The van der Waals surface area contributed by atoms with Crippen LogP contribution in [0.25, 0.3) is 0 Å². The van der Waals surface area contributed by atoms with Crippen LogP contribution in [-0.4, -0.2) is 153 Å². The molecule has 58 heavy (non-hydrogen) atoms. The molecule has 1 aliphatic carbocycles. The average molecular weight is 821 g/mol. The van der Waals surface area contributed by atoms with E-state index in [0.717, 1.165) is 115 Å². The monoisotopic (exact) mass is 820 g/mol. The number of aliphatic hydroxyl groups is 1. The van der Waals surface area contributed by atoms with E-state index in [1.165, 1.54) is 6.07 Å². The number of aliphatic hydroxyl groups excluding tert-OH is 1. The maximum atomic E-state index is 15.0. The first kappa shape index (κ1) is 41.2. The predicted molar refractivity (Wildman–Crippen MR) is 221 cm³/mol. The second kappa shape index (κ2) is 17.2. The first-order valence-electron chi connectivity index (χ1n) is 21.6. The van der Waals surface area contributed by atoms with Crippen LogP contribution in [-0.2, 0) is 20.0 Å². The van der Waals surface area contributed by atoms with Crippen molar-refractivity contribution in [2.24, 2.45) is 17.8 Å². The largest absolute Gasteiger partial charge is 0.465 e. The number of anilines is 1. The van der Waals surface area contributed by atoms with Gasteiger partial charge in [0.2, 0.25) is 0 Å². The Labute approximate surface area is 342 Å². The van der Waals surface area contributed by atoms with Gasteiger partial charge in [-0.25, -0.2) is 17.6 Å². The minimum Gasteiger partial charge on any atom is -0.465 e. The average Bonchev–Trinajstić information content (AvgIpc) is 3.61. The molecule has 6 aliphatic rings. The molecule has 3 N–H and O–H groups in total. The first-order valence-corrected chi connectivity index (χ1v) is 23.1. The number of halogens is 1. The number of sulfone groups is 1. The second-order valence-electron chi connectivity index (χ2n) is 18.1. The van der Waals surface area contributed by atoms with Gasteiger partial charge in [-0.15, -0.1) is 0 Å². The van der Waals surface area contributed by atoms with Crippen LogP contribution in [0.4, 0.5) is 14.9 Å². The maximum absolute atomic E-state index is 15.0. The third-order valence-corrected chi connectivity index (χ3v) is 16.6. The number of amides is 2. The molecule has 0 bridgehead atoms. The molecule has 2 amide bonds. The Morgan fingerprint density at radius 1 is 0.845 bits per heavy atom. The number of hydrogen-bond donors (Lipinski definition) is 3. The van der Waals surface area contributed by atoms with Gasteiger partial charge in [0.05, 0.1) is 11.0 Å². The fraction of sp³-hybridized carbons (Fsp3) is 0.636. The molecule has 0 aromatic heterocycles. The lowest BCUT2D eigenvalue weighted by Crippen LogP contribution is -2.60. The Balaban J connectivity index is 0.835. The van der Waals surface area contributed by atoms with Crippen molar-refractivity contribution in [3.8, 4) is 0 Å². The second-order valence-corrected chi connectivity index (χ2v) is 20.3. The summed E-state index contributed by atoms with van der Waals surface area (Å²) in [6.07, 6.45) is 5.94. The predicted octanol–water partition coefficient (Wildman–Crippen LogP) is 4.05. The number of carbonyl (C=O) groups excluding carboxylic acids is 1. The molecule has 0 unspecified atom stereocenters. The van der Waals surface area contributed by atoms with Crippen LogP contribution in [0.1, 0.15) is 56.9 Å². The van der Waals surface area contributed by atoms with Gasteiger partial charge in [-0.05, 0) is 125 Å². The van der Waals surface area contributed by atoms with Crippen LogP contribution in [0, 0.1) is 23.6 Å². The molecule has 1 saturated carbocycles. The lowest BCUT2D eigenvalue weighted by atomic mass is 9.57. The zero-order valence-electron chi connectivity index (χ0n) is 33.7. The zero-order valence-corrected chi connectivity index (χ0v) is 34.5. The van der Waals surface area contributed by atoms with Gasteiger partial charge in [-0.2, -0.15) is 0 Å². The quantitative estimate of drug-likeness (QED) is 0.240. The number of benzene rings is 2. The molecule has 5 aliphatic heterocycles. The molecule has 0 radical (unpaired) electrons. The minimum atomic E-state index is -3.58. The number of rotatable bonds is 14. The summed E-state index contributed by atoms with van der Waals surface area (Å²) in [6.45, 7) is 13.8. The standard InChI is InChI=1S/C44H61FN6O6S/c1-31(24-47-21-15-37(52)16-22-47)42(53)51-28-39(29-51)58(56,57)38-11-9-36(10-12-38)50-26-32(27-50)25-48-19-13-33(14-20-48)44(30-49-17-4-18-49,34-5-2-6-35(45)23-34)40-7-3-8-41(40)46-43(54)55/h2,5-6,9-12,23,32-33,37,39-41,46,52H,1,3-4,7-8,13-22,24-30H2,(H,54,55)/t40-,41-,44-/m0/s1. The van der Waals surface area contributed by atoms with Gasteiger partial charge in [0.15, 0.2) is 9.84 Å². The van der Waals surface area contributed by atoms with Gasteiger partial charge in [-0.1, -0.05) is 25.1 Å². The van der Waals surface area contributed by atoms with Crippen LogP contribution >= 0.6 is 0 Å². The Morgan fingerprint density at radius 3 is 2.17 bits per heavy atom. The lowest BCUT2D eigenvalue weighted by Gasteiger charge is -2.54. The van der Waals surface area contributed by atoms with Crippen molar-refractivity contribution in [1.82, 2.24) is 24.9 Å². The lowest BCUT2D eigenvalue weighted by molar-refractivity contribution is -0.130. The molecule has 2 aromatic carbocycles. The van der Waals surface area contributed by atoms with Crippen molar-refractivity contribution in [3.63, 3.8) is 0 Å². The fourth-order valence-electron chi connectivity index (χ4n) is 11.1. The highest BCUT2D eigenvalue weighted by Gasteiger charge is 2.53. The topological polar surface area (TPSA) is 137 Å².